The van der Waals surface area contributed by atoms with Gasteiger partial charge in [-0.05, 0) is 6.92 Å². The molecule has 4 nitrogen and oxygen atoms in total. The summed E-state index contributed by atoms with van der Waals surface area (Å²) in [5.41, 5.74) is 5.47. The first-order chi connectivity index (χ1) is 7.29. The average molecular weight is 253 g/mol. The number of nitrogens with one attached hydrogen (secondary N) is 1. The standard InChI is InChI=1S/C8H10F3N3OS/c1-4(12)7-14-5(2-16-7)6(15)13-3-8(9,10)11/h2,4H,3,12H2,1H3,(H,13,15). The van der Waals surface area contributed by atoms with E-state index in [1.54, 1.807) is 12.2 Å². The fourth-order valence-corrected chi connectivity index (χ4v) is 1.63. The van der Waals surface area contributed by atoms with Crippen molar-refractivity contribution in [1.82, 2.24) is 10.3 Å². The van der Waals surface area contributed by atoms with E-state index in [2.05, 4.69) is 4.98 Å². The van der Waals surface area contributed by atoms with Crippen LogP contribution in [0, 0.1) is 0 Å². The van der Waals surface area contributed by atoms with Crippen LogP contribution in [-0.2, 0) is 0 Å². The molecule has 0 spiro atoms. The lowest BCUT2D eigenvalue weighted by molar-refractivity contribution is -0.123. The third-order valence-electron chi connectivity index (χ3n) is 1.59. The zero-order valence-corrected chi connectivity index (χ0v) is 9.15. The van der Waals surface area contributed by atoms with Gasteiger partial charge in [0.2, 0.25) is 0 Å². The van der Waals surface area contributed by atoms with E-state index in [9.17, 15) is 18.0 Å². The van der Waals surface area contributed by atoms with E-state index in [1.165, 1.54) is 5.38 Å². The molecule has 0 bridgehead atoms. The van der Waals surface area contributed by atoms with Crippen molar-refractivity contribution in [2.24, 2.45) is 5.73 Å². The first-order valence-electron chi connectivity index (χ1n) is 4.35. The molecule has 90 valence electrons. The van der Waals surface area contributed by atoms with E-state index in [0.717, 1.165) is 11.3 Å². The van der Waals surface area contributed by atoms with Crippen LogP contribution in [0.1, 0.15) is 28.5 Å². The predicted molar refractivity (Wildman–Crippen MR) is 53.1 cm³/mol. The molecule has 0 saturated carbocycles. The zero-order chi connectivity index (χ0) is 12.3. The Kier molecular flexibility index (Phi) is 3.87. The normalized spacial score (nSPS) is 13.6. The largest absolute Gasteiger partial charge is 0.405 e. The summed E-state index contributed by atoms with van der Waals surface area (Å²) < 4.78 is 35.4. The predicted octanol–water partition coefficient (Wildman–Crippen LogP) is 1.45. The first kappa shape index (κ1) is 12.9. The minimum absolute atomic E-state index is 0.0402. The minimum Gasteiger partial charge on any atom is -0.342 e. The number of carbonyl (C=O) groups is 1. The fraction of sp³-hybridized carbons (Fsp3) is 0.500. The molecule has 16 heavy (non-hydrogen) atoms. The Morgan fingerprint density at radius 2 is 2.31 bits per heavy atom. The van der Waals surface area contributed by atoms with Crippen LogP contribution in [0.5, 0.6) is 0 Å². The molecule has 0 fully saturated rings. The molecule has 1 amide bonds. The SMILES string of the molecule is CC(N)c1nc(C(=O)NCC(F)(F)F)cs1. The second kappa shape index (κ2) is 4.79. The van der Waals surface area contributed by atoms with Crippen LogP contribution in [0.25, 0.3) is 0 Å². The first-order valence-corrected chi connectivity index (χ1v) is 5.23. The number of thiazole rings is 1. The van der Waals surface area contributed by atoms with Crippen molar-refractivity contribution >= 4 is 17.2 Å². The van der Waals surface area contributed by atoms with Crippen molar-refractivity contribution in [3.8, 4) is 0 Å². The lowest BCUT2D eigenvalue weighted by Crippen LogP contribution is -2.33. The maximum atomic E-state index is 11.8. The summed E-state index contributed by atoms with van der Waals surface area (Å²) in [6, 6.07) is -0.339. The minimum atomic E-state index is -4.42. The van der Waals surface area contributed by atoms with Crippen molar-refractivity contribution in [2.75, 3.05) is 6.54 Å². The van der Waals surface area contributed by atoms with Crippen LogP contribution in [0.3, 0.4) is 0 Å². The summed E-state index contributed by atoms with van der Waals surface area (Å²) in [6.07, 6.45) is -4.42. The van der Waals surface area contributed by atoms with Gasteiger partial charge in [0.25, 0.3) is 5.91 Å². The van der Waals surface area contributed by atoms with Gasteiger partial charge in [-0.3, -0.25) is 4.79 Å². The molecule has 0 aliphatic carbocycles. The number of carbonyl (C=O) groups excluding carboxylic acids is 1. The zero-order valence-electron chi connectivity index (χ0n) is 8.34. The van der Waals surface area contributed by atoms with Gasteiger partial charge in [-0.15, -0.1) is 11.3 Å². The van der Waals surface area contributed by atoms with Gasteiger partial charge in [-0.1, -0.05) is 0 Å². The second-order valence-electron chi connectivity index (χ2n) is 3.16. The summed E-state index contributed by atoms with van der Waals surface area (Å²) in [7, 11) is 0. The maximum Gasteiger partial charge on any atom is 0.405 e. The van der Waals surface area contributed by atoms with E-state index in [1.807, 2.05) is 0 Å². The third-order valence-corrected chi connectivity index (χ3v) is 2.64. The van der Waals surface area contributed by atoms with Gasteiger partial charge in [0.05, 0.1) is 6.04 Å². The van der Waals surface area contributed by atoms with Crippen LogP contribution < -0.4 is 11.1 Å². The number of hydrogen-bond donors (Lipinski definition) is 2. The average Bonchev–Trinajstić information content (AvgIpc) is 2.61. The number of alkyl halides is 3. The fourth-order valence-electron chi connectivity index (χ4n) is 0.872. The number of rotatable bonds is 3. The number of aromatic nitrogens is 1. The smallest absolute Gasteiger partial charge is 0.342 e. The number of halogens is 3. The van der Waals surface area contributed by atoms with E-state index in [-0.39, 0.29) is 11.7 Å². The Balaban J connectivity index is 2.60. The highest BCUT2D eigenvalue weighted by Crippen LogP contribution is 2.16. The monoisotopic (exact) mass is 253 g/mol. The molecular weight excluding hydrogens is 243 g/mol. The Morgan fingerprint density at radius 3 is 2.75 bits per heavy atom. The molecule has 3 N–H and O–H groups in total. The van der Waals surface area contributed by atoms with Crippen molar-refractivity contribution in [3.63, 3.8) is 0 Å². The van der Waals surface area contributed by atoms with Crippen molar-refractivity contribution in [2.45, 2.75) is 19.1 Å². The van der Waals surface area contributed by atoms with Crippen LogP contribution in [0.2, 0.25) is 0 Å². The van der Waals surface area contributed by atoms with E-state index < -0.39 is 18.6 Å². The quantitative estimate of drug-likeness (QED) is 0.856. The van der Waals surface area contributed by atoms with E-state index in [0.29, 0.717) is 5.01 Å². The third kappa shape index (κ3) is 3.78. The Bertz CT molecular complexity index is 375. The van der Waals surface area contributed by atoms with Gasteiger partial charge in [0, 0.05) is 5.38 Å². The van der Waals surface area contributed by atoms with Crippen molar-refractivity contribution < 1.29 is 18.0 Å². The van der Waals surface area contributed by atoms with Gasteiger partial charge in [0.15, 0.2) is 0 Å². The van der Waals surface area contributed by atoms with Crippen molar-refractivity contribution in [1.29, 1.82) is 0 Å². The highest BCUT2D eigenvalue weighted by atomic mass is 32.1. The summed E-state index contributed by atoms with van der Waals surface area (Å²) >= 11 is 1.14. The molecule has 1 atom stereocenters. The Hall–Kier alpha value is -1.15. The summed E-state index contributed by atoms with van der Waals surface area (Å²) in [6.45, 7) is 0.313. The lowest BCUT2D eigenvalue weighted by Gasteiger charge is -2.06. The van der Waals surface area contributed by atoms with Crippen LogP contribution in [0.4, 0.5) is 13.2 Å². The highest BCUT2D eigenvalue weighted by Gasteiger charge is 2.28. The molecule has 1 aromatic heterocycles. The van der Waals surface area contributed by atoms with Crippen LogP contribution in [-0.4, -0.2) is 23.6 Å². The Morgan fingerprint density at radius 1 is 1.69 bits per heavy atom. The van der Waals surface area contributed by atoms with Crippen LogP contribution in [0.15, 0.2) is 5.38 Å². The van der Waals surface area contributed by atoms with Gasteiger partial charge in [0.1, 0.15) is 17.2 Å². The molecule has 0 aromatic carbocycles. The topological polar surface area (TPSA) is 68.0 Å². The molecule has 0 saturated heterocycles. The number of hydrogen-bond acceptors (Lipinski definition) is 4. The van der Waals surface area contributed by atoms with E-state index >= 15 is 0 Å². The van der Waals surface area contributed by atoms with Crippen molar-refractivity contribution in [3.05, 3.63) is 16.1 Å². The Labute approximate surface area is 93.7 Å². The van der Waals surface area contributed by atoms with Crippen LogP contribution >= 0.6 is 11.3 Å². The molecule has 1 rings (SSSR count). The summed E-state index contributed by atoms with van der Waals surface area (Å²) in [4.78, 5) is 15.0. The lowest BCUT2D eigenvalue weighted by atomic mass is 10.4. The molecule has 1 aromatic rings. The highest BCUT2D eigenvalue weighted by molar-refractivity contribution is 7.09. The van der Waals surface area contributed by atoms with E-state index in [4.69, 9.17) is 5.73 Å². The van der Waals surface area contributed by atoms with Gasteiger partial charge >= 0.3 is 6.18 Å². The molecule has 0 radical (unpaired) electrons. The number of nitrogens with two attached hydrogens (primary N) is 1. The molecule has 0 aliphatic heterocycles. The maximum absolute atomic E-state index is 11.8. The number of nitrogens with zero attached hydrogens (tertiary/aromatic N) is 1. The second-order valence-corrected chi connectivity index (χ2v) is 4.05. The van der Waals surface area contributed by atoms with Gasteiger partial charge in [-0.2, -0.15) is 13.2 Å². The summed E-state index contributed by atoms with van der Waals surface area (Å²) in [5, 5.41) is 3.62. The molecule has 8 heteroatoms. The number of amides is 1. The summed E-state index contributed by atoms with van der Waals surface area (Å²) in [5.74, 6) is -0.847. The molecule has 1 unspecified atom stereocenters. The molecule has 0 aliphatic rings. The van der Waals surface area contributed by atoms with Gasteiger partial charge < -0.3 is 11.1 Å². The van der Waals surface area contributed by atoms with Gasteiger partial charge in [-0.25, -0.2) is 4.98 Å². The molecular formula is C8H10F3N3OS. The molecule has 1 heterocycles.